The summed E-state index contributed by atoms with van der Waals surface area (Å²) in [6, 6.07) is 30.7. The molecule has 174 valence electrons. The van der Waals surface area contributed by atoms with Gasteiger partial charge < -0.3 is 20.3 Å². The monoisotopic (exact) mass is 461 g/mol. The van der Waals surface area contributed by atoms with Gasteiger partial charge >= 0.3 is 0 Å². The second-order valence-electron chi connectivity index (χ2n) is 10.0. The third-order valence-corrected chi connectivity index (χ3v) is 13.8. The van der Waals surface area contributed by atoms with E-state index in [1.54, 1.807) is 0 Å². The van der Waals surface area contributed by atoms with Crippen molar-refractivity contribution in [3.63, 3.8) is 0 Å². The van der Waals surface area contributed by atoms with Crippen molar-refractivity contribution in [3.05, 3.63) is 102 Å². The Labute approximate surface area is 198 Å². The highest BCUT2D eigenvalue weighted by Gasteiger charge is 2.67. The normalized spacial score (nSPS) is 27.5. The minimum Gasteiger partial charge on any atom is -0.389 e. The van der Waals surface area contributed by atoms with Crippen LogP contribution in [0.2, 0.25) is 5.04 Å². The van der Waals surface area contributed by atoms with E-state index in [0.717, 1.165) is 11.1 Å². The second-order valence-corrected chi connectivity index (χ2v) is 15.0. The van der Waals surface area contributed by atoms with Gasteiger partial charge in [-0.2, -0.15) is 0 Å². The van der Waals surface area contributed by atoms with E-state index >= 15 is 0 Å². The van der Waals surface area contributed by atoms with Crippen LogP contribution in [0.25, 0.3) is 0 Å². The fourth-order valence-corrected chi connectivity index (χ4v) is 12.3. The third kappa shape index (κ3) is 4.57. The van der Waals surface area contributed by atoms with Crippen LogP contribution in [0.1, 0.15) is 31.9 Å². The molecule has 0 spiro atoms. The molecular formula is C28H35NO3Si. The summed E-state index contributed by atoms with van der Waals surface area (Å²) in [5, 5.41) is 27.5. The molecule has 33 heavy (non-hydrogen) atoms. The standard InChI is InChI=1S/C28H35NO3Si/c1-28(2,3)33(23-17-11-6-12-18-23)26(29-19-21-13-7-4-8-14-21)24(30)25(31)27(33)32-20-22-15-9-5-10-16-22/h4-18,24-27,29-31H,19-20H2,1-3H3/t24-,25+,26-,27+,33+/m0/s1. The van der Waals surface area contributed by atoms with E-state index in [0.29, 0.717) is 13.2 Å². The van der Waals surface area contributed by atoms with Gasteiger partial charge in [0.05, 0.1) is 18.4 Å². The highest BCUT2D eigenvalue weighted by Crippen LogP contribution is 2.48. The lowest BCUT2D eigenvalue weighted by Gasteiger charge is -2.48. The van der Waals surface area contributed by atoms with Gasteiger partial charge in [-0.05, 0) is 16.2 Å². The molecule has 0 radical (unpaired) electrons. The van der Waals surface area contributed by atoms with E-state index in [4.69, 9.17) is 4.74 Å². The van der Waals surface area contributed by atoms with E-state index in [1.165, 1.54) is 5.19 Å². The molecule has 3 aromatic rings. The quantitative estimate of drug-likeness (QED) is 0.470. The van der Waals surface area contributed by atoms with Gasteiger partial charge in [0.15, 0.2) is 0 Å². The molecule has 0 bridgehead atoms. The minimum atomic E-state index is -2.74. The largest absolute Gasteiger partial charge is 0.389 e. The molecule has 1 aliphatic rings. The van der Waals surface area contributed by atoms with Crippen molar-refractivity contribution in [2.45, 2.75) is 62.6 Å². The third-order valence-electron chi connectivity index (χ3n) is 7.07. The molecule has 3 N–H and O–H groups in total. The van der Waals surface area contributed by atoms with Crippen molar-refractivity contribution in [3.8, 4) is 0 Å². The molecule has 3 aromatic carbocycles. The molecule has 0 aliphatic carbocycles. The molecule has 0 saturated carbocycles. The smallest absolute Gasteiger partial charge is 0.148 e. The maximum absolute atomic E-state index is 11.4. The summed E-state index contributed by atoms with van der Waals surface area (Å²) in [6.07, 6.45) is -1.88. The van der Waals surface area contributed by atoms with Crippen LogP contribution in [0.4, 0.5) is 0 Å². The molecule has 5 heteroatoms. The Morgan fingerprint density at radius 1 is 0.758 bits per heavy atom. The summed E-state index contributed by atoms with van der Waals surface area (Å²) < 4.78 is 6.56. The van der Waals surface area contributed by atoms with Crippen molar-refractivity contribution in [1.29, 1.82) is 0 Å². The molecule has 0 amide bonds. The number of nitrogens with one attached hydrogen (secondary N) is 1. The number of rotatable bonds is 7. The Balaban J connectivity index is 1.76. The van der Waals surface area contributed by atoms with Gasteiger partial charge in [0.1, 0.15) is 14.2 Å². The number of hydrogen-bond acceptors (Lipinski definition) is 4. The Morgan fingerprint density at radius 3 is 1.82 bits per heavy atom. The minimum absolute atomic E-state index is 0.192. The maximum atomic E-state index is 11.4. The van der Waals surface area contributed by atoms with Gasteiger partial charge in [0.25, 0.3) is 0 Å². The number of aliphatic hydroxyl groups is 2. The van der Waals surface area contributed by atoms with Crippen LogP contribution in [0.15, 0.2) is 91.0 Å². The molecule has 1 heterocycles. The van der Waals surface area contributed by atoms with Gasteiger partial charge in [-0.1, -0.05) is 117 Å². The van der Waals surface area contributed by atoms with Gasteiger partial charge in [-0.15, -0.1) is 0 Å². The second kappa shape index (κ2) is 9.91. The lowest BCUT2D eigenvalue weighted by atomic mass is 10.2. The first kappa shape index (κ1) is 23.9. The first-order chi connectivity index (χ1) is 15.9. The van der Waals surface area contributed by atoms with Gasteiger partial charge in [-0.25, -0.2) is 0 Å². The summed E-state index contributed by atoms with van der Waals surface area (Å²) in [5.41, 5.74) is 1.49. The summed E-state index contributed by atoms with van der Waals surface area (Å²) in [4.78, 5) is 0. The van der Waals surface area contributed by atoms with Gasteiger partial charge in [0.2, 0.25) is 0 Å². The Bertz CT molecular complexity index is 952. The first-order valence-electron chi connectivity index (χ1n) is 11.7. The predicted molar refractivity (Wildman–Crippen MR) is 136 cm³/mol. The van der Waals surface area contributed by atoms with Crippen LogP contribution in [-0.2, 0) is 17.9 Å². The van der Waals surface area contributed by atoms with E-state index in [9.17, 15) is 10.2 Å². The molecule has 4 rings (SSSR count). The zero-order valence-corrected chi connectivity index (χ0v) is 20.7. The van der Waals surface area contributed by atoms with Crippen molar-refractivity contribution in [2.24, 2.45) is 0 Å². The highest BCUT2D eigenvalue weighted by molar-refractivity contribution is 6.97. The molecule has 4 nitrogen and oxygen atoms in total. The molecule has 1 fully saturated rings. The van der Waals surface area contributed by atoms with Crippen LogP contribution in [0.3, 0.4) is 0 Å². The van der Waals surface area contributed by atoms with Crippen LogP contribution in [0.5, 0.6) is 0 Å². The Kier molecular flexibility index (Phi) is 7.17. The summed E-state index contributed by atoms with van der Waals surface area (Å²) in [6.45, 7) is 7.71. The van der Waals surface area contributed by atoms with Crippen molar-refractivity contribution in [1.82, 2.24) is 5.32 Å². The lowest BCUT2D eigenvalue weighted by molar-refractivity contribution is -0.0500. The number of hydrogen-bond donors (Lipinski definition) is 3. The van der Waals surface area contributed by atoms with E-state index in [-0.39, 0.29) is 10.7 Å². The lowest BCUT2D eigenvalue weighted by Crippen LogP contribution is -2.72. The van der Waals surface area contributed by atoms with Crippen molar-refractivity contribution < 1.29 is 14.9 Å². The molecule has 0 aromatic heterocycles. The number of benzene rings is 3. The summed E-state index contributed by atoms with van der Waals surface area (Å²) in [7, 11) is -2.74. The number of ether oxygens (including phenoxy) is 1. The van der Waals surface area contributed by atoms with E-state index in [1.807, 2.05) is 54.6 Å². The van der Waals surface area contributed by atoms with Crippen LogP contribution in [0, 0.1) is 0 Å². The summed E-state index contributed by atoms with van der Waals surface area (Å²) in [5.74, 6) is 0. The fourth-order valence-electron chi connectivity index (χ4n) is 5.57. The molecule has 1 saturated heterocycles. The topological polar surface area (TPSA) is 61.7 Å². The highest BCUT2D eigenvalue weighted by atomic mass is 28.3. The maximum Gasteiger partial charge on any atom is 0.148 e. The molecular weight excluding hydrogens is 426 g/mol. The Hall–Kier alpha value is -2.28. The van der Waals surface area contributed by atoms with Gasteiger partial charge in [-0.3, -0.25) is 0 Å². The fraction of sp³-hybridized carbons (Fsp3) is 0.357. The Morgan fingerprint density at radius 2 is 1.27 bits per heavy atom. The first-order valence-corrected chi connectivity index (χ1v) is 13.9. The summed E-state index contributed by atoms with van der Waals surface area (Å²) >= 11 is 0. The average Bonchev–Trinajstić information content (AvgIpc) is 3.05. The average molecular weight is 462 g/mol. The van der Waals surface area contributed by atoms with Crippen molar-refractivity contribution >= 4 is 13.3 Å². The van der Waals surface area contributed by atoms with Gasteiger partial charge in [0, 0.05) is 12.2 Å². The SMILES string of the molecule is CC(C)(C)[Si@]1(c2ccccc2)[C@H](NCc2ccccc2)[C@@H](O)[C@@H](O)[C@@H]1OCc1ccccc1. The molecule has 0 unspecified atom stereocenters. The predicted octanol–water partition coefficient (Wildman–Crippen LogP) is 3.70. The molecule has 1 aliphatic heterocycles. The van der Waals surface area contributed by atoms with E-state index in [2.05, 4.69) is 62.5 Å². The number of aliphatic hydroxyl groups excluding tert-OH is 2. The van der Waals surface area contributed by atoms with Crippen LogP contribution < -0.4 is 10.5 Å². The van der Waals surface area contributed by atoms with E-state index < -0.39 is 26.0 Å². The van der Waals surface area contributed by atoms with Crippen molar-refractivity contribution in [2.75, 3.05) is 0 Å². The molecule has 5 atom stereocenters. The zero-order valence-electron chi connectivity index (χ0n) is 19.7. The van der Waals surface area contributed by atoms with Crippen LogP contribution >= 0.6 is 0 Å². The zero-order chi connectivity index (χ0) is 23.5. The van der Waals surface area contributed by atoms with Crippen LogP contribution in [-0.4, -0.2) is 41.9 Å².